The molecule has 1 aliphatic heterocycles. The molecule has 0 aliphatic carbocycles. The van der Waals surface area contributed by atoms with Crippen molar-refractivity contribution in [3.05, 3.63) is 89.5 Å². The van der Waals surface area contributed by atoms with Crippen LogP contribution >= 0.6 is 0 Å². The van der Waals surface area contributed by atoms with Crippen LogP contribution in [0.4, 0.5) is 11.4 Å². The summed E-state index contributed by atoms with van der Waals surface area (Å²) < 4.78 is 33.2. The van der Waals surface area contributed by atoms with Crippen molar-refractivity contribution >= 4 is 33.3 Å². The first-order chi connectivity index (χ1) is 16.3. The maximum Gasteiger partial charge on any atom is 0.338 e. The van der Waals surface area contributed by atoms with Crippen LogP contribution in [0.15, 0.2) is 77.7 Å². The highest BCUT2D eigenvalue weighted by Gasteiger charge is 2.36. The van der Waals surface area contributed by atoms with Gasteiger partial charge in [0.25, 0.3) is 15.9 Å². The maximum absolute atomic E-state index is 13.4. The first kappa shape index (κ1) is 23.0. The van der Waals surface area contributed by atoms with Gasteiger partial charge in [0.15, 0.2) is 6.61 Å². The van der Waals surface area contributed by atoms with E-state index in [2.05, 4.69) is 5.32 Å². The number of sulfonamides is 1. The van der Waals surface area contributed by atoms with Gasteiger partial charge in [-0.3, -0.25) is 9.10 Å². The van der Waals surface area contributed by atoms with Crippen LogP contribution in [0.1, 0.15) is 28.4 Å². The van der Waals surface area contributed by atoms with Gasteiger partial charge in [-0.2, -0.15) is 5.26 Å². The lowest BCUT2D eigenvalue weighted by Crippen LogP contribution is -2.35. The maximum atomic E-state index is 13.4. The molecule has 0 saturated heterocycles. The summed E-state index contributed by atoms with van der Waals surface area (Å²) in [7, 11) is -3.91. The Morgan fingerprint density at radius 3 is 2.56 bits per heavy atom. The highest BCUT2D eigenvalue weighted by molar-refractivity contribution is 7.92. The molecule has 9 heteroatoms. The van der Waals surface area contributed by atoms with E-state index in [1.165, 1.54) is 28.6 Å². The number of fused-ring (bicyclic) bond motifs is 1. The van der Waals surface area contributed by atoms with Crippen LogP contribution in [0.2, 0.25) is 0 Å². The second-order valence-corrected chi connectivity index (χ2v) is 9.64. The van der Waals surface area contributed by atoms with E-state index in [0.717, 1.165) is 5.56 Å². The number of benzene rings is 3. The second-order valence-electron chi connectivity index (χ2n) is 7.82. The first-order valence-electron chi connectivity index (χ1n) is 10.5. The van der Waals surface area contributed by atoms with Gasteiger partial charge in [-0.25, -0.2) is 13.2 Å². The minimum atomic E-state index is -3.91. The molecular formula is C25H21N3O5S. The van der Waals surface area contributed by atoms with Crippen LogP contribution in [-0.2, 0) is 26.0 Å². The molecule has 0 unspecified atom stereocenters. The normalized spacial score (nSPS) is 14.7. The quantitative estimate of drug-likeness (QED) is 0.546. The predicted molar refractivity (Wildman–Crippen MR) is 126 cm³/mol. The number of rotatable bonds is 6. The largest absolute Gasteiger partial charge is 0.452 e. The van der Waals surface area contributed by atoms with Gasteiger partial charge in [-0.05, 0) is 67.4 Å². The Labute approximate surface area is 197 Å². The molecule has 3 aromatic rings. The Kier molecular flexibility index (Phi) is 6.34. The minimum Gasteiger partial charge on any atom is -0.452 e. The topological polar surface area (TPSA) is 117 Å². The van der Waals surface area contributed by atoms with E-state index in [1.54, 1.807) is 36.4 Å². The zero-order valence-electron chi connectivity index (χ0n) is 18.3. The van der Waals surface area contributed by atoms with Crippen LogP contribution in [0.25, 0.3) is 0 Å². The molecule has 1 N–H and O–H groups in total. The lowest BCUT2D eigenvalue weighted by molar-refractivity contribution is -0.119. The fraction of sp³-hybridized carbons (Fsp3) is 0.160. The van der Waals surface area contributed by atoms with Crippen LogP contribution in [0.3, 0.4) is 0 Å². The number of anilines is 2. The standard InChI is InChI=1S/C25H21N3O5S/c1-17-13-19-5-2-3-8-23(19)28(17)34(31,32)22-7-4-6-20(14-22)25(30)33-16-24(29)27-21-11-9-18(15-26)10-12-21/h2-12,14,17H,13,16H2,1H3,(H,27,29)/t17-/m0/s1. The lowest BCUT2D eigenvalue weighted by atomic mass is 10.1. The molecule has 8 nitrogen and oxygen atoms in total. The van der Waals surface area contributed by atoms with E-state index < -0.39 is 28.5 Å². The number of para-hydroxylation sites is 1. The SMILES string of the molecule is C[C@H]1Cc2ccccc2N1S(=O)(=O)c1cccc(C(=O)OCC(=O)Nc2ccc(C#N)cc2)c1. The van der Waals surface area contributed by atoms with Crippen molar-refractivity contribution in [2.75, 3.05) is 16.2 Å². The predicted octanol–water partition coefficient (Wildman–Crippen LogP) is 3.49. The summed E-state index contributed by atoms with van der Waals surface area (Å²) in [6.07, 6.45) is 0.603. The number of hydrogen-bond acceptors (Lipinski definition) is 6. The Balaban J connectivity index is 1.45. The van der Waals surface area contributed by atoms with Gasteiger partial charge in [0.2, 0.25) is 0 Å². The van der Waals surface area contributed by atoms with E-state index in [-0.39, 0.29) is 16.5 Å². The minimum absolute atomic E-state index is 0.0207. The molecule has 0 fully saturated rings. The fourth-order valence-electron chi connectivity index (χ4n) is 3.84. The molecule has 172 valence electrons. The molecule has 1 atom stereocenters. The van der Waals surface area contributed by atoms with Crippen LogP contribution in [0.5, 0.6) is 0 Å². The number of carbonyl (C=O) groups is 2. The molecule has 1 heterocycles. The van der Waals surface area contributed by atoms with E-state index in [4.69, 9.17) is 10.00 Å². The van der Waals surface area contributed by atoms with Gasteiger partial charge in [-0.15, -0.1) is 0 Å². The van der Waals surface area contributed by atoms with Crippen molar-refractivity contribution in [3.8, 4) is 6.07 Å². The number of nitrogens with one attached hydrogen (secondary N) is 1. The molecule has 0 bridgehead atoms. The zero-order chi connectivity index (χ0) is 24.3. The summed E-state index contributed by atoms with van der Waals surface area (Å²) in [4.78, 5) is 24.6. The summed E-state index contributed by atoms with van der Waals surface area (Å²) in [5.41, 5.74) is 2.50. The van der Waals surface area contributed by atoms with Crippen LogP contribution in [0, 0.1) is 11.3 Å². The van der Waals surface area contributed by atoms with E-state index >= 15 is 0 Å². The third kappa shape index (κ3) is 4.63. The Hall–Kier alpha value is -4.16. The number of ether oxygens (including phenoxy) is 1. The van der Waals surface area contributed by atoms with Crippen molar-refractivity contribution in [3.63, 3.8) is 0 Å². The number of nitrogens with zero attached hydrogens (tertiary/aromatic N) is 2. The fourth-order valence-corrected chi connectivity index (χ4v) is 5.58. The van der Waals surface area contributed by atoms with E-state index in [1.807, 2.05) is 25.1 Å². The molecule has 34 heavy (non-hydrogen) atoms. The van der Waals surface area contributed by atoms with Crippen molar-refractivity contribution < 1.29 is 22.7 Å². The number of nitriles is 1. The molecule has 1 amide bonds. The van der Waals surface area contributed by atoms with Crippen molar-refractivity contribution in [2.24, 2.45) is 0 Å². The van der Waals surface area contributed by atoms with Crippen molar-refractivity contribution in [2.45, 2.75) is 24.3 Å². The van der Waals surface area contributed by atoms with E-state index in [0.29, 0.717) is 23.4 Å². The van der Waals surface area contributed by atoms with Gasteiger partial charge in [0.1, 0.15) is 0 Å². The summed E-state index contributed by atoms with van der Waals surface area (Å²) in [6, 6.07) is 20.8. The van der Waals surface area contributed by atoms with Gasteiger partial charge in [-0.1, -0.05) is 24.3 Å². The van der Waals surface area contributed by atoms with Gasteiger partial charge >= 0.3 is 5.97 Å². The Bertz CT molecular complexity index is 1390. The molecule has 0 aromatic heterocycles. The molecular weight excluding hydrogens is 454 g/mol. The van der Waals surface area contributed by atoms with Crippen LogP contribution < -0.4 is 9.62 Å². The third-order valence-electron chi connectivity index (χ3n) is 5.40. The molecule has 0 radical (unpaired) electrons. The average Bonchev–Trinajstić information content (AvgIpc) is 3.19. The summed E-state index contributed by atoms with van der Waals surface area (Å²) in [5.74, 6) is -1.38. The molecule has 4 rings (SSSR count). The molecule has 3 aromatic carbocycles. The molecule has 0 spiro atoms. The first-order valence-corrected chi connectivity index (χ1v) is 11.9. The highest BCUT2D eigenvalue weighted by Crippen LogP contribution is 2.36. The Morgan fingerprint density at radius 2 is 1.82 bits per heavy atom. The molecule has 1 aliphatic rings. The summed E-state index contributed by atoms with van der Waals surface area (Å²) in [6.45, 7) is 1.29. The monoisotopic (exact) mass is 475 g/mol. The number of hydrogen-bond donors (Lipinski definition) is 1. The number of carbonyl (C=O) groups excluding carboxylic acids is 2. The van der Waals surface area contributed by atoms with Gasteiger partial charge in [0.05, 0.1) is 27.8 Å². The summed E-state index contributed by atoms with van der Waals surface area (Å²) in [5, 5.41) is 11.4. The lowest BCUT2D eigenvalue weighted by Gasteiger charge is -2.24. The summed E-state index contributed by atoms with van der Waals surface area (Å²) >= 11 is 0. The van der Waals surface area contributed by atoms with Gasteiger partial charge < -0.3 is 10.1 Å². The number of esters is 1. The number of amides is 1. The average molecular weight is 476 g/mol. The van der Waals surface area contributed by atoms with Crippen molar-refractivity contribution in [1.29, 1.82) is 5.26 Å². The Morgan fingerprint density at radius 1 is 1.09 bits per heavy atom. The van der Waals surface area contributed by atoms with Gasteiger partial charge in [0, 0.05) is 11.7 Å². The zero-order valence-corrected chi connectivity index (χ0v) is 19.1. The smallest absolute Gasteiger partial charge is 0.338 e. The second kappa shape index (κ2) is 9.37. The third-order valence-corrected chi connectivity index (χ3v) is 7.33. The highest BCUT2D eigenvalue weighted by atomic mass is 32.2. The molecule has 0 saturated carbocycles. The van der Waals surface area contributed by atoms with Crippen molar-refractivity contribution in [1.82, 2.24) is 0 Å². The van der Waals surface area contributed by atoms with Crippen LogP contribution in [-0.4, -0.2) is 32.9 Å². The van der Waals surface area contributed by atoms with E-state index in [9.17, 15) is 18.0 Å².